The number of anilines is 1. The molecule has 0 spiro atoms. The maximum absolute atomic E-state index is 13.7. The van der Waals surface area contributed by atoms with Gasteiger partial charge >= 0.3 is 5.97 Å². The van der Waals surface area contributed by atoms with E-state index in [9.17, 15) is 23.6 Å². The minimum absolute atomic E-state index is 0.0479. The van der Waals surface area contributed by atoms with E-state index in [4.69, 9.17) is 4.74 Å². The van der Waals surface area contributed by atoms with Crippen LogP contribution in [-0.2, 0) is 23.9 Å². The zero-order chi connectivity index (χ0) is 19.6. The quantitative estimate of drug-likeness (QED) is 0.559. The number of benzene rings is 1. The second-order valence-electron chi connectivity index (χ2n) is 6.59. The number of amides is 3. The first kappa shape index (κ1) is 19.5. The number of esters is 1. The van der Waals surface area contributed by atoms with Gasteiger partial charge in [-0.15, -0.1) is 0 Å². The zero-order valence-corrected chi connectivity index (χ0v) is 16.0. The Labute approximate surface area is 163 Å². The summed E-state index contributed by atoms with van der Waals surface area (Å²) >= 11 is 3.10. The number of nitrogens with zero attached hydrogens (tertiary/aromatic N) is 1. The van der Waals surface area contributed by atoms with Crippen LogP contribution in [-0.4, -0.2) is 41.7 Å². The standard InChI is InChI=1S/C18H18BrFN2O5/c19-10-5-6-14(13(20)7-10)21-15(23)9-27-16(24)8-22-17(25)11-3-1-2-4-12(11)18(22)26/h5-7,11-12H,1-4,8-9H2,(H,21,23)/t11-,12-/m0/s1. The van der Waals surface area contributed by atoms with Gasteiger partial charge in [0.25, 0.3) is 5.91 Å². The van der Waals surface area contributed by atoms with Gasteiger partial charge in [0.1, 0.15) is 12.4 Å². The van der Waals surface area contributed by atoms with Gasteiger partial charge in [0, 0.05) is 4.47 Å². The molecule has 1 N–H and O–H groups in total. The Morgan fingerprint density at radius 1 is 1.19 bits per heavy atom. The molecule has 1 aromatic rings. The van der Waals surface area contributed by atoms with Crippen LogP contribution in [0.4, 0.5) is 10.1 Å². The molecule has 1 heterocycles. The lowest BCUT2D eigenvalue weighted by Crippen LogP contribution is -2.37. The van der Waals surface area contributed by atoms with Gasteiger partial charge in [0.05, 0.1) is 17.5 Å². The summed E-state index contributed by atoms with van der Waals surface area (Å²) in [7, 11) is 0. The molecule has 2 fully saturated rings. The summed E-state index contributed by atoms with van der Waals surface area (Å²) in [4.78, 5) is 49.3. The normalized spacial score (nSPS) is 21.8. The third-order valence-corrected chi connectivity index (χ3v) is 5.28. The van der Waals surface area contributed by atoms with Crippen molar-refractivity contribution < 1.29 is 28.3 Å². The molecule has 1 saturated heterocycles. The molecule has 144 valence electrons. The molecule has 9 heteroatoms. The number of likely N-dealkylation sites (tertiary alicyclic amines) is 1. The Balaban J connectivity index is 1.50. The fourth-order valence-electron chi connectivity index (χ4n) is 3.48. The smallest absolute Gasteiger partial charge is 0.326 e. The molecule has 0 unspecified atom stereocenters. The van der Waals surface area contributed by atoms with Crippen molar-refractivity contribution in [2.45, 2.75) is 25.7 Å². The fraction of sp³-hybridized carbons (Fsp3) is 0.444. The van der Waals surface area contributed by atoms with E-state index in [0.29, 0.717) is 17.3 Å². The monoisotopic (exact) mass is 440 g/mol. The summed E-state index contributed by atoms with van der Waals surface area (Å²) in [6, 6.07) is 4.10. The maximum Gasteiger partial charge on any atom is 0.326 e. The number of hydrogen-bond acceptors (Lipinski definition) is 5. The van der Waals surface area contributed by atoms with Gasteiger partial charge in [-0.1, -0.05) is 28.8 Å². The maximum atomic E-state index is 13.7. The Hall–Kier alpha value is -2.29. The van der Waals surface area contributed by atoms with Crippen LogP contribution in [0, 0.1) is 17.7 Å². The first-order valence-corrected chi connectivity index (χ1v) is 9.42. The summed E-state index contributed by atoms with van der Waals surface area (Å²) in [6.45, 7) is -1.15. The predicted molar refractivity (Wildman–Crippen MR) is 95.9 cm³/mol. The number of imide groups is 1. The highest BCUT2D eigenvalue weighted by atomic mass is 79.9. The molecule has 0 radical (unpaired) electrons. The molecular formula is C18H18BrFN2O5. The molecule has 3 amide bonds. The van der Waals surface area contributed by atoms with E-state index in [1.54, 1.807) is 6.07 Å². The van der Waals surface area contributed by atoms with E-state index in [1.165, 1.54) is 12.1 Å². The number of rotatable bonds is 5. The van der Waals surface area contributed by atoms with Crippen LogP contribution in [0.1, 0.15) is 25.7 Å². The molecule has 0 bridgehead atoms. The van der Waals surface area contributed by atoms with E-state index >= 15 is 0 Å². The first-order chi connectivity index (χ1) is 12.9. The van der Waals surface area contributed by atoms with Crippen LogP contribution in [0.15, 0.2) is 22.7 Å². The highest BCUT2D eigenvalue weighted by Crippen LogP contribution is 2.37. The predicted octanol–water partition coefficient (Wildman–Crippen LogP) is 2.25. The number of carbonyl (C=O) groups excluding carboxylic acids is 4. The number of hydrogen-bond donors (Lipinski definition) is 1. The summed E-state index contributed by atoms with van der Waals surface area (Å²) in [5.74, 6) is -3.60. The van der Waals surface area contributed by atoms with Crippen LogP contribution in [0.5, 0.6) is 0 Å². The highest BCUT2D eigenvalue weighted by molar-refractivity contribution is 9.10. The first-order valence-electron chi connectivity index (χ1n) is 8.62. The fourth-order valence-corrected chi connectivity index (χ4v) is 3.82. The van der Waals surface area contributed by atoms with E-state index in [-0.39, 0.29) is 29.3 Å². The van der Waals surface area contributed by atoms with Gasteiger partial charge in [-0.25, -0.2) is 4.39 Å². The van der Waals surface area contributed by atoms with Gasteiger partial charge in [-0.2, -0.15) is 0 Å². The van der Waals surface area contributed by atoms with Crippen molar-refractivity contribution in [1.82, 2.24) is 4.90 Å². The van der Waals surface area contributed by atoms with E-state index in [1.807, 2.05) is 0 Å². The largest absolute Gasteiger partial charge is 0.454 e. The van der Waals surface area contributed by atoms with Gasteiger partial charge in [0.2, 0.25) is 11.8 Å². The van der Waals surface area contributed by atoms with Crippen LogP contribution >= 0.6 is 15.9 Å². The average molecular weight is 441 g/mol. The van der Waals surface area contributed by atoms with Crippen LogP contribution < -0.4 is 5.32 Å². The van der Waals surface area contributed by atoms with E-state index in [0.717, 1.165) is 17.7 Å². The van der Waals surface area contributed by atoms with Crippen molar-refractivity contribution in [1.29, 1.82) is 0 Å². The summed E-state index contributed by atoms with van der Waals surface area (Å²) in [5.41, 5.74) is -0.0479. The minimum atomic E-state index is -0.859. The number of fused-ring (bicyclic) bond motifs is 1. The number of ether oxygens (including phenoxy) is 1. The third-order valence-electron chi connectivity index (χ3n) is 4.79. The molecule has 3 rings (SSSR count). The number of nitrogens with one attached hydrogen (secondary N) is 1. The second-order valence-corrected chi connectivity index (χ2v) is 7.51. The summed E-state index contributed by atoms with van der Waals surface area (Å²) < 4.78 is 19.0. The van der Waals surface area contributed by atoms with Crippen LogP contribution in [0.3, 0.4) is 0 Å². The van der Waals surface area contributed by atoms with Crippen molar-refractivity contribution in [3.8, 4) is 0 Å². The van der Waals surface area contributed by atoms with Crippen molar-refractivity contribution in [3.05, 3.63) is 28.5 Å². The number of carbonyl (C=O) groups is 4. The Bertz CT molecular complexity index is 776. The lowest BCUT2D eigenvalue weighted by molar-refractivity contribution is -0.154. The van der Waals surface area contributed by atoms with Gasteiger partial charge in [0.15, 0.2) is 6.61 Å². The molecule has 1 saturated carbocycles. The SMILES string of the molecule is O=C(COC(=O)CN1C(=O)[C@H]2CCCC[C@@H]2C1=O)Nc1ccc(Br)cc1F. The van der Waals surface area contributed by atoms with E-state index in [2.05, 4.69) is 21.2 Å². The molecule has 0 aromatic heterocycles. The molecule has 1 aromatic carbocycles. The molecular weight excluding hydrogens is 423 g/mol. The van der Waals surface area contributed by atoms with Crippen molar-refractivity contribution in [3.63, 3.8) is 0 Å². The molecule has 2 aliphatic rings. The van der Waals surface area contributed by atoms with Gasteiger partial charge < -0.3 is 10.1 Å². The Morgan fingerprint density at radius 2 is 1.81 bits per heavy atom. The lowest BCUT2D eigenvalue weighted by atomic mass is 9.81. The van der Waals surface area contributed by atoms with Gasteiger partial charge in [-0.05, 0) is 31.0 Å². The highest BCUT2D eigenvalue weighted by Gasteiger charge is 2.48. The van der Waals surface area contributed by atoms with Crippen molar-refractivity contribution >= 4 is 45.3 Å². The second kappa shape index (κ2) is 8.16. The molecule has 7 nitrogen and oxygen atoms in total. The Kier molecular flexibility index (Phi) is 5.88. The van der Waals surface area contributed by atoms with Crippen LogP contribution in [0.2, 0.25) is 0 Å². The Morgan fingerprint density at radius 3 is 2.41 bits per heavy atom. The lowest BCUT2D eigenvalue weighted by Gasteiger charge is -2.19. The number of halogens is 2. The molecule has 1 aliphatic carbocycles. The third kappa shape index (κ3) is 4.35. The summed E-state index contributed by atoms with van der Waals surface area (Å²) in [6.07, 6.45) is 3.10. The van der Waals surface area contributed by atoms with E-state index < -0.39 is 30.8 Å². The molecule has 27 heavy (non-hydrogen) atoms. The minimum Gasteiger partial charge on any atom is -0.454 e. The van der Waals surface area contributed by atoms with Crippen molar-refractivity contribution in [2.75, 3.05) is 18.5 Å². The molecule has 2 atom stereocenters. The van der Waals surface area contributed by atoms with Crippen LogP contribution in [0.25, 0.3) is 0 Å². The zero-order valence-electron chi connectivity index (χ0n) is 14.4. The topological polar surface area (TPSA) is 92.8 Å². The molecule has 1 aliphatic heterocycles. The summed E-state index contributed by atoms with van der Waals surface area (Å²) in [5, 5.41) is 2.29. The average Bonchev–Trinajstić information content (AvgIpc) is 2.88. The van der Waals surface area contributed by atoms with Crippen molar-refractivity contribution in [2.24, 2.45) is 11.8 Å². The van der Waals surface area contributed by atoms with Gasteiger partial charge in [-0.3, -0.25) is 24.1 Å².